The molecule has 0 unspecified atom stereocenters. The summed E-state index contributed by atoms with van der Waals surface area (Å²) in [5.74, 6) is 1.90. The van der Waals surface area contributed by atoms with Crippen molar-refractivity contribution >= 4 is 8.56 Å². The second-order valence-electron chi connectivity index (χ2n) is 8.79. The van der Waals surface area contributed by atoms with E-state index in [0.29, 0.717) is 28.8 Å². The first kappa shape index (κ1) is 16.8. The quantitative estimate of drug-likeness (QED) is 0.661. The van der Waals surface area contributed by atoms with Crippen LogP contribution in [0.25, 0.3) is 0 Å². The lowest BCUT2D eigenvalue weighted by Crippen LogP contribution is -2.74. The summed E-state index contributed by atoms with van der Waals surface area (Å²) >= 11 is 0. The minimum atomic E-state index is -2.14. The van der Waals surface area contributed by atoms with E-state index in [4.69, 9.17) is 8.85 Å². The van der Waals surface area contributed by atoms with Crippen LogP contribution in [0, 0.1) is 11.8 Å². The topological polar surface area (TPSA) is 18.5 Å². The number of rotatable bonds is 3. The van der Waals surface area contributed by atoms with E-state index >= 15 is 0 Å². The Labute approximate surface area is 148 Å². The van der Waals surface area contributed by atoms with E-state index in [1.54, 1.807) is 0 Å². The summed E-state index contributed by atoms with van der Waals surface area (Å²) in [6.45, 7) is 10.2. The van der Waals surface area contributed by atoms with Gasteiger partial charge in [-0.1, -0.05) is 70.9 Å². The first-order valence-corrected chi connectivity index (χ1v) is 11.9. The molecule has 132 valence electrons. The van der Waals surface area contributed by atoms with Gasteiger partial charge in [0.05, 0.1) is 5.60 Å². The Kier molecular flexibility index (Phi) is 4.17. The molecule has 0 radical (unpaired) electrons. The van der Waals surface area contributed by atoms with Crippen LogP contribution in [0.15, 0.2) is 30.3 Å². The standard InChI is InChI=1S/C21H32O2Si/c1-15(2)24(16(3)4)22-14-19-20(17-10-6-5-7-11-17)18-12-8-9-13-21(18,19)23-24/h5-7,10-11,15-16,18-20H,8-9,12-14H2,1-4H3/t18-,19-,20+,21+/m0/s1. The molecule has 1 heterocycles. The average Bonchev–Trinajstić information content (AvgIpc) is 2.55. The maximum atomic E-state index is 7.16. The highest BCUT2D eigenvalue weighted by atomic mass is 28.4. The fraction of sp³-hybridized carbons (Fsp3) is 0.714. The van der Waals surface area contributed by atoms with Crippen molar-refractivity contribution in [2.75, 3.05) is 6.61 Å². The molecule has 2 aliphatic carbocycles. The van der Waals surface area contributed by atoms with E-state index < -0.39 is 8.56 Å². The van der Waals surface area contributed by atoms with Gasteiger partial charge in [0.15, 0.2) is 0 Å². The van der Waals surface area contributed by atoms with Crippen LogP contribution in [0.3, 0.4) is 0 Å². The third-order valence-corrected chi connectivity index (χ3v) is 11.6. The molecule has 4 atom stereocenters. The summed E-state index contributed by atoms with van der Waals surface area (Å²) in [4.78, 5) is 0. The van der Waals surface area contributed by atoms with Crippen LogP contribution < -0.4 is 0 Å². The van der Waals surface area contributed by atoms with Crippen LogP contribution in [0.5, 0.6) is 0 Å². The van der Waals surface area contributed by atoms with Gasteiger partial charge in [0.25, 0.3) is 0 Å². The molecule has 1 aliphatic heterocycles. The monoisotopic (exact) mass is 344 g/mol. The lowest BCUT2D eigenvalue weighted by Gasteiger charge is -2.69. The van der Waals surface area contributed by atoms with Crippen molar-refractivity contribution in [3.8, 4) is 0 Å². The molecular weight excluding hydrogens is 312 g/mol. The highest BCUT2D eigenvalue weighted by Crippen LogP contribution is 2.66. The first-order valence-electron chi connectivity index (χ1n) is 9.90. The molecule has 1 spiro atoms. The van der Waals surface area contributed by atoms with Gasteiger partial charge in [-0.05, 0) is 41.3 Å². The molecule has 0 aromatic heterocycles. The van der Waals surface area contributed by atoms with Crippen molar-refractivity contribution in [2.24, 2.45) is 11.8 Å². The highest BCUT2D eigenvalue weighted by Gasteiger charge is 2.69. The van der Waals surface area contributed by atoms with Crippen LogP contribution in [-0.4, -0.2) is 20.8 Å². The molecule has 3 fully saturated rings. The predicted octanol–water partition coefficient (Wildman–Crippen LogP) is 5.64. The Hall–Kier alpha value is -0.643. The van der Waals surface area contributed by atoms with Gasteiger partial charge >= 0.3 is 8.56 Å². The second kappa shape index (κ2) is 5.96. The molecule has 3 aliphatic rings. The summed E-state index contributed by atoms with van der Waals surface area (Å²) in [6, 6.07) is 11.1. The Morgan fingerprint density at radius 1 is 1.00 bits per heavy atom. The van der Waals surface area contributed by atoms with Crippen molar-refractivity contribution in [3.63, 3.8) is 0 Å². The molecule has 1 aromatic carbocycles. The lowest BCUT2D eigenvalue weighted by molar-refractivity contribution is -0.226. The summed E-state index contributed by atoms with van der Waals surface area (Å²) in [5, 5.41) is 0. The summed E-state index contributed by atoms with van der Waals surface area (Å²) in [5.41, 5.74) is 2.66. The van der Waals surface area contributed by atoms with E-state index in [-0.39, 0.29) is 5.60 Å². The molecule has 24 heavy (non-hydrogen) atoms. The molecule has 3 heteroatoms. The molecule has 2 nitrogen and oxygen atoms in total. The Morgan fingerprint density at radius 3 is 2.38 bits per heavy atom. The Balaban J connectivity index is 1.69. The summed E-state index contributed by atoms with van der Waals surface area (Å²) < 4.78 is 13.8. The Bertz CT molecular complexity index is 569. The number of hydrogen-bond acceptors (Lipinski definition) is 2. The smallest absolute Gasteiger partial charge is 0.343 e. The van der Waals surface area contributed by atoms with E-state index in [1.165, 1.54) is 31.2 Å². The minimum Gasteiger partial charge on any atom is -0.393 e. The van der Waals surface area contributed by atoms with E-state index in [1.807, 2.05) is 0 Å². The van der Waals surface area contributed by atoms with Gasteiger partial charge in [0.2, 0.25) is 0 Å². The fourth-order valence-corrected chi connectivity index (χ4v) is 9.94. The van der Waals surface area contributed by atoms with Gasteiger partial charge in [0.1, 0.15) is 0 Å². The van der Waals surface area contributed by atoms with Crippen LogP contribution >= 0.6 is 0 Å². The van der Waals surface area contributed by atoms with Crippen molar-refractivity contribution in [3.05, 3.63) is 35.9 Å². The zero-order valence-corrected chi connectivity index (χ0v) is 16.6. The van der Waals surface area contributed by atoms with E-state index in [9.17, 15) is 0 Å². The highest BCUT2D eigenvalue weighted by molar-refractivity contribution is 6.70. The normalized spacial score (nSPS) is 37.7. The van der Waals surface area contributed by atoms with E-state index in [2.05, 4.69) is 58.0 Å². The van der Waals surface area contributed by atoms with Crippen molar-refractivity contribution in [1.29, 1.82) is 0 Å². The fourth-order valence-electron chi connectivity index (χ4n) is 5.97. The molecule has 4 rings (SSSR count). The third-order valence-electron chi connectivity index (χ3n) is 7.09. The lowest BCUT2D eigenvalue weighted by atomic mass is 9.47. The molecule has 0 amide bonds. The van der Waals surface area contributed by atoms with Gasteiger partial charge in [-0.25, -0.2) is 0 Å². The minimum absolute atomic E-state index is 0.123. The van der Waals surface area contributed by atoms with E-state index in [0.717, 1.165) is 6.61 Å². The van der Waals surface area contributed by atoms with Crippen LogP contribution in [-0.2, 0) is 8.85 Å². The predicted molar refractivity (Wildman–Crippen MR) is 100 cm³/mol. The molecule has 0 N–H and O–H groups in total. The van der Waals surface area contributed by atoms with Crippen molar-refractivity contribution in [2.45, 2.75) is 76.0 Å². The molecule has 0 bridgehead atoms. The van der Waals surface area contributed by atoms with Crippen molar-refractivity contribution in [1.82, 2.24) is 0 Å². The SMILES string of the molecule is CC(C)[Si]1(C(C)C)OC[C@H]2[C@H](c3ccccc3)[C@@H]3CCCC[C@@]32O1. The van der Waals surface area contributed by atoms with Gasteiger partial charge in [-0.2, -0.15) is 0 Å². The van der Waals surface area contributed by atoms with Crippen molar-refractivity contribution < 1.29 is 8.85 Å². The summed E-state index contributed by atoms with van der Waals surface area (Å²) in [6.07, 6.45) is 5.28. The van der Waals surface area contributed by atoms with Crippen LogP contribution in [0.4, 0.5) is 0 Å². The number of hydrogen-bond donors (Lipinski definition) is 0. The largest absolute Gasteiger partial charge is 0.393 e. The van der Waals surface area contributed by atoms with Gasteiger partial charge in [0, 0.05) is 12.5 Å². The average molecular weight is 345 g/mol. The van der Waals surface area contributed by atoms with Gasteiger partial charge in [-0.3, -0.25) is 0 Å². The second-order valence-corrected chi connectivity index (χ2v) is 13.0. The first-order chi connectivity index (χ1) is 11.5. The third kappa shape index (κ3) is 2.20. The maximum absolute atomic E-state index is 7.16. The van der Waals surface area contributed by atoms with Crippen LogP contribution in [0.2, 0.25) is 11.1 Å². The molecule has 1 aromatic rings. The maximum Gasteiger partial charge on any atom is 0.343 e. The molecular formula is C21H32O2Si. The molecule has 1 saturated heterocycles. The van der Waals surface area contributed by atoms with Crippen LogP contribution in [0.1, 0.15) is 64.9 Å². The number of benzene rings is 1. The zero-order valence-electron chi connectivity index (χ0n) is 15.6. The molecule has 2 saturated carbocycles. The Morgan fingerprint density at radius 2 is 1.71 bits per heavy atom. The zero-order chi connectivity index (χ0) is 16.9. The van der Waals surface area contributed by atoms with Gasteiger partial charge < -0.3 is 8.85 Å². The summed E-state index contributed by atoms with van der Waals surface area (Å²) in [7, 11) is -2.14. The van der Waals surface area contributed by atoms with Gasteiger partial charge in [-0.15, -0.1) is 0 Å².